The summed E-state index contributed by atoms with van der Waals surface area (Å²) in [6.45, 7) is 6.69. The second-order valence-corrected chi connectivity index (χ2v) is 10.2. The summed E-state index contributed by atoms with van der Waals surface area (Å²) in [6.07, 6.45) is 13.1. The van der Waals surface area contributed by atoms with Gasteiger partial charge < -0.3 is 25.7 Å². The average Bonchev–Trinajstić information content (AvgIpc) is 2.93. The van der Waals surface area contributed by atoms with Gasteiger partial charge in [-0.1, -0.05) is 31.6 Å². The van der Waals surface area contributed by atoms with Crippen LogP contribution in [-0.2, 0) is 19.0 Å². The summed E-state index contributed by atoms with van der Waals surface area (Å²) in [4.78, 5) is 24.8. The molecule has 0 aliphatic heterocycles. The molecule has 0 aromatic heterocycles. The molecule has 1 atom stereocenters. The van der Waals surface area contributed by atoms with Gasteiger partial charge >= 0.3 is 11.9 Å². The molecular weight excluding hydrogens is 492 g/mol. The number of hydrogen-bond acceptors (Lipinski definition) is 7. The lowest BCUT2D eigenvalue weighted by molar-refractivity contribution is -0.138. The third kappa shape index (κ3) is 10.6. The van der Waals surface area contributed by atoms with Crippen molar-refractivity contribution in [3.63, 3.8) is 0 Å². The zero-order valence-electron chi connectivity index (χ0n) is 23.0. The lowest BCUT2D eigenvalue weighted by Gasteiger charge is -2.28. The molecule has 7 nitrogen and oxygen atoms in total. The van der Waals surface area contributed by atoms with Crippen LogP contribution < -0.4 is 11.5 Å². The van der Waals surface area contributed by atoms with Crippen LogP contribution in [0.5, 0.6) is 0 Å². The van der Waals surface area contributed by atoms with Gasteiger partial charge in [-0.2, -0.15) is 0 Å². The Kier molecular flexibility index (Phi) is 12.1. The number of nitrogen functional groups attached to an aromatic ring is 2. The van der Waals surface area contributed by atoms with Gasteiger partial charge in [-0.3, -0.25) is 0 Å². The summed E-state index contributed by atoms with van der Waals surface area (Å²) in [5.74, 6) is -0.819. The quantitative estimate of drug-likeness (QED) is 0.0942. The molecule has 1 saturated carbocycles. The summed E-state index contributed by atoms with van der Waals surface area (Å²) in [5, 5.41) is 0. The Labute approximate surface area is 232 Å². The van der Waals surface area contributed by atoms with E-state index < -0.39 is 5.97 Å². The molecule has 0 amide bonds. The number of hydrogen-bond donors (Lipinski definition) is 2. The number of carbonyl (C=O) groups excluding carboxylic acids is 2. The lowest BCUT2D eigenvalue weighted by Crippen LogP contribution is -2.28. The Morgan fingerprint density at radius 2 is 1.64 bits per heavy atom. The van der Waals surface area contributed by atoms with Crippen LogP contribution in [0.15, 0.2) is 61.2 Å². The molecular formula is C32H42N2O5. The van der Waals surface area contributed by atoms with Crippen molar-refractivity contribution in [1.29, 1.82) is 0 Å². The predicted octanol–water partition coefficient (Wildman–Crippen LogP) is 6.44. The van der Waals surface area contributed by atoms with Gasteiger partial charge in [0, 0.05) is 30.0 Å². The van der Waals surface area contributed by atoms with Gasteiger partial charge in [0.2, 0.25) is 0 Å². The number of esters is 2. The Morgan fingerprint density at radius 1 is 0.974 bits per heavy atom. The molecule has 0 bridgehead atoms. The molecule has 1 unspecified atom stereocenters. The molecule has 0 radical (unpaired) electrons. The van der Waals surface area contributed by atoms with E-state index in [1.54, 1.807) is 36.4 Å². The Hall–Kier alpha value is -3.58. The zero-order chi connectivity index (χ0) is 28.0. The minimum atomic E-state index is -0.450. The van der Waals surface area contributed by atoms with Crippen molar-refractivity contribution in [3.8, 4) is 0 Å². The van der Waals surface area contributed by atoms with Crippen molar-refractivity contribution in [3.05, 3.63) is 77.9 Å². The van der Waals surface area contributed by atoms with Crippen molar-refractivity contribution in [2.75, 3.05) is 24.7 Å². The molecule has 0 spiro atoms. The van der Waals surface area contributed by atoms with E-state index in [1.807, 2.05) is 25.1 Å². The molecule has 3 rings (SSSR count). The summed E-state index contributed by atoms with van der Waals surface area (Å²) in [6, 6.07) is 12.3. The van der Waals surface area contributed by atoms with E-state index in [-0.39, 0.29) is 30.7 Å². The highest BCUT2D eigenvalue weighted by molar-refractivity contribution is 5.90. The molecule has 2 aromatic carbocycles. The molecule has 1 aliphatic carbocycles. The molecule has 210 valence electrons. The van der Waals surface area contributed by atoms with Crippen LogP contribution >= 0.6 is 0 Å². The molecule has 0 heterocycles. The largest absolute Gasteiger partial charge is 0.462 e. The van der Waals surface area contributed by atoms with Crippen molar-refractivity contribution < 1.29 is 23.8 Å². The van der Waals surface area contributed by atoms with Gasteiger partial charge in [-0.15, -0.1) is 6.58 Å². The Balaban J connectivity index is 1.36. The smallest absolute Gasteiger partial charge is 0.338 e. The number of carbonyl (C=O) groups is 2. The summed E-state index contributed by atoms with van der Waals surface area (Å²) in [7, 11) is 0. The van der Waals surface area contributed by atoms with Gasteiger partial charge in [0.1, 0.15) is 6.10 Å². The Bertz CT molecular complexity index is 1080. The fraction of sp³-hybridized carbons (Fsp3) is 0.438. The second-order valence-electron chi connectivity index (χ2n) is 10.2. The fourth-order valence-corrected chi connectivity index (χ4v) is 4.59. The van der Waals surface area contributed by atoms with Gasteiger partial charge in [0.25, 0.3) is 0 Å². The minimum Gasteiger partial charge on any atom is -0.462 e. The van der Waals surface area contributed by atoms with Crippen LogP contribution in [0.4, 0.5) is 11.4 Å². The van der Waals surface area contributed by atoms with Crippen LogP contribution in [0.3, 0.4) is 0 Å². The van der Waals surface area contributed by atoms with Gasteiger partial charge in [0.15, 0.2) is 0 Å². The van der Waals surface area contributed by atoms with E-state index >= 15 is 0 Å². The highest BCUT2D eigenvalue weighted by Gasteiger charge is 2.24. The SMILES string of the molecule is C=CCCCCCOC1CCC(OC(=O)c2ccc(C=CC(=O)OCC(C)c3cc(N)cc(N)c3)cc2)CC1. The number of nitrogens with two attached hydrogens (primary N) is 2. The van der Waals surface area contributed by atoms with Gasteiger partial charge in [-0.05, 0) is 92.5 Å². The number of anilines is 2. The summed E-state index contributed by atoms with van der Waals surface area (Å²) < 4.78 is 17.1. The monoisotopic (exact) mass is 534 g/mol. The number of allylic oxidation sites excluding steroid dienone is 1. The lowest BCUT2D eigenvalue weighted by atomic mass is 9.95. The van der Waals surface area contributed by atoms with Crippen LogP contribution in [0, 0.1) is 0 Å². The highest BCUT2D eigenvalue weighted by Crippen LogP contribution is 2.25. The van der Waals surface area contributed by atoms with Crippen molar-refractivity contribution in [2.24, 2.45) is 0 Å². The maximum Gasteiger partial charge on any atom is 0.338 e. The topological polar surface area (TPSA) is 114 Å². The van der Waals surface area contributed by atoms with E-state index in [1.165, 1.54) is 12.5 Å². The number of benzene rings is 2. The van der Waals surface area contributed by atoms with Crippen LogP contribution in [0.2, 0.25) is 0 Å². The predicted molar refractivity (Wildman–Crippen MR) is 156 cm³/mol. The first-order chi connectivity index (χ1) is 18.8. The molecule has 1 fully saturated rings. The van der Waals surface area contributed by atoms with E-state index in [9.17, 15) is 9.59 Å². The van der Waals surface area contributed by atoms with Crippen molar-refractivity contribution in [2.45, 2.75) is 76.4 Å². The maximum atomic E-state index is 12.6. The van der Waals surface area contributed by atoms with Crippen molar-refractivity contribution in [1.82, 2.24) is 0 Å². The van der Waals surface area contributed by atoms with Crippen molar-refractivity contribution >= 4 is 29.4 Å². The second kappa shape index (κ2) is 15.7. The van der Waals surface area contributed by atoms with E-state index in [0.717, 1.165) is 62.7 Å². The number of ether oxygens (including phenoxy) is 3. The molecule has 2 aromatic rings. The van der Waals surface area contributed by atoms with E-state index in [2.05, 4.69) is 6.58 Å². The molecule has 7 heteroatoms. The highest BCUT2D eigenvalue weighted by atomic mass is 16.5. The third-order valence-electron chi connectivity index (χ3n) is 6.90. The minimum absolute atomic E-state index is 0.0431. The zero-order valence-corrected chi connectivity index (χ0v) is 23.0. The summed E-state index contributed by atoms with van der Waals surface area (Å²) >= 11 is 0. The molecule has 39 heavy (non-hydrogen) atoms. The fourth-order valence-electron chi connectivity index (χ4n) is 4.59. The standard InChI is InChI=1S/C32H42N2O5/c1-3-4-5-6-7-18-37-29-13-15-30(16-14-29)39-32(36)25-11-8-24(9-12-25)10-17-31(35)38-22-23(2)26-19-27(33)21-28(34)20-26/h3,8-12,17,19-21,23,29-30H,1,4-7,13-16,18,22,33-34H2,2H3. The first-order valence-electron chi connectivity index (χ1n) is 13.9. The Morgan fingerprint density at radius 3 is 2.31 bits per heavy atom. The maximum absolute atomic E-state index is 12.6. The normalized spacial score (nSPS) is 18.0. The number of unbranched alkanes of at least 4 members (excludes halogenated alkanes) is 3. The first kappa shape index (κ1) is 30.0. The molecule has 0 saturated heterocycles. The van der Waals surface area contributed by atoms with Gasteiger partial charge in [-0.25, -0.2) is 9.59 Å². The molecule has 4 N–H and O–H groups in total. The third-order valence-corrected chi connectivity index (χ3v) is 6.90. The molecule has 1 aliphatic rings. The first-order valence-corrected chi connectivity index (χ1v) is 13.9. The van der Waals surface area contributed by atoms with E-state index in [0.29, 0.717) is 16.9 Å². The van der Waals surface area contributed by atoms with Gasteiger partial charge in [0.05, 0.1) is 18.3 Å². The van der Waals surface area contributed by atoms with E-state index in [4.69, 9.17) is 25.7 Å². The van der Waals surface area contributed by atoms with Crippen LogP contribution in [0.25, 0.3) is 6.08 Å². The van der Waals surface area contributed by atoms with Crippen LogP contribution in [-0.4, -0.2) is 37.4 Å². The summed E-state index contributed by atoms with van der Waals surface area (Å²) in [5.41, 5.74) is 15.0. The average molecular weight is 535 g/mol. The van der Waals surface area contributed by atoms with Crippen LogP contribution in [0.1, 0.15) is 85.7 Å². The number of rotatable bonds is 14.